The predicted molar refractivity (Wildman–Crippen MR) is 114 cm³/mol. The summed E-state index contributed by atoms with van der Waals surface area (Å²) in [6.45, 7) is 2.30. The van der Waals surface area contributed by atoms with Gasteiger partial charge in [-0.25, -0.2) is 0 Å². The van der Waals surface area contributed by atoms with Crippen LogP contribution in [0, 0.1) is 0 Å². The first-order valence-electron chi connectivity index (χ1n) is 10.7. The fourth-order valence-corrected chi connectivity index (χ4v) is 4.21. The van der Waals surface area contributed by atoms with Crippen LogP contribution < -0.4 is 15.5 Å². The second-order valence-electron chi connectivity index (χ2n) is 7.96. The number of hydrogen-bond acceptors (Lipinski definition) is 4. The van der Waals surface area contributed by atoms with Crippen molar-refractivity contribution >= 4 is 23.0 Å². The van der Waals surface area contributed by atoms with E-state index in [4.69, 9.17) is 0 Å². The van der Waals surface area contributed by atoms with Crippen LogP contribution in [0.25, 0.3) is 0 Å². The Bertz CT molecular complexity index is 777. The first kappa shape index (κ1) is 18.8. The van der Waals surface area contributed by atoms with Crippen LogP contribution in [0.1, 0.15) is 61.9 Å². The number of anilines is 3. The second-order valence-corrected chi connectivity index (χ2v) is 7.96. The van der Waals surface area contributed by atoms with Gasteiger partial charge in [0.2, 0.25) is 0 Å². The highest BCUT2D eigenvalue weighted by atomic mass is 16.1. The van der Waals surface area contributed by atoms with Crippen molar-refractivity contribution in [3.63, 3.8) is 0 Å². The van der Waals surface area contributed by atoms with Gasteiger partial charge in [-0.1, -0.05) is 19.3 Å². The summed E-state index contributed by atoms with van der Waals surface area (Å²) in [7, 11) is 0. The number of hydrogen-bond donors (Lipinski definition) is 2. The summed E-state index contributed by atoms with van der Waals surface area (Å²) in [5, 5.41) is 6.53. The van der Waals surface area contributed by atoms with Crippen molar-refractivity contribution in [1.82, 2.24) is 10.3 Å². The molecular formula is C23H30N4O. The fourth-order valence-electron chi connectivity index (χ4n) is 4.21. The zero-order valence-electron chi connectivity index (χ0n) is 16.5. The summed E-state index contributed by atoms with van der Waals surface area (Å²) in [6.07, 6.45) is 11.4. The van der Waals surface area contributed by atoms with Gasteiger partial charge in [-0.05, 0) is 68.5 Å². The Morgan fingerprint density at radius 3 is 2.36 bits per heavy atom. The molecule has 28 heavy (non-hydrogen) atoms. The van der Waals surface area contributed by atoms with E-state index < -0.39 is 0 Å². The number of pyridine rings is 1. The minimum absolute atomic E-state index is 0.0732. The molecule has 0 unspecified atom stereocenters. The Hall–Kier alpha value is -2.56. The Labute approximate surface area is 167 Å². The minimum Gasteiger partial charge on any atom is -0.372 e. The molecule has 1 aromatic heterocycles. The van der Waals surface area contributed by atoms with Gasteiger partial charge in [-0.2, -0.15) is 0 Å². The summed E-state index contributed by atoms with van der Waals surface area (Å²) in [4.78, 5) is 19.2. The van der Waals surface area contributed by atoms with Gasteiger partial charge in [0, 0.05) is 42.4 Å². The molecule has 0 atom stereocenters. The highest BCUT2D eigenvalue weighted by Crippen LogP contribution is 2.24. The van der Waals surface area contributed by atoms with E-state index in [1.807, 2.05) is 12.1 Å². The van der Waals surface area contributed by atoms with Crippen molar-refractivity contribution in [3.05, 3.63) is 48.3 Å². The van der Waals surface area contributed by atoms with Crippen molar-refractivity contribution in [1.29, 1.82) is 0 Å². The summed E-state index contributed by atoms with van der Waals surface area (Å²) in [5.41, 5.74) is 3.66. The Morgan fingerprint density at radius 1 is 0.893 bits per heavy atom. The van der Waals surface area contributed by atoms with Gasteiger partial charge in [-0.15, -0.1) is 0 Å². The minimum atomic E-state index is -0.0732. The lowest BCUT2D eigenvalue weighted by molar-refractivity contribution is 0.0922. The molecule has 148 valence electrons. The molecule has 2 aliphatic rings. The number of aromatic nitrogens is 1. The largest absolute Gasteiger partial charge is 0.372 e. The Morgan fingerprint density at radius 2 is 1.61 bits per heavy atom. The normalized spacial score (nSPS) is 17.9. The summed E-state index contributed by atoms with van der Waals surface area (Å²) >= 11 is 0. The number of rotatable bonds is 5. The van der Waals surface area contributed by atoms with Crippen molar-refractivity contribution in [2.75, 3.05) is 23.3 Å². The smallest absolute Gasteiger partial charge is 0.270 e. The van der Waals surface area contributed by atoms with Crippen LogP contribution in [0.3, 0.4) is 0 Å². The quantitative estimate of drug-likeness (QED) is 0.779. The van der Waals surface area contributed by atoms with Crippen LogP contribution in [0.15, 0.2) is 42.6 Å². The molecular weight excluding hydrogens is 348 g/mol. The van der Waals surface area contributed by atoms with E-state index in [1.165, 1.54) is 44.2 Å². The third-order valence-corrected chi connectivity index (χ3v) is 5.81. The molecule has 0 radical (unpaired) electrons. The molecule has 2 heterocycles. The zero-order valence-corrected chi connectivity index (χ0v) is 16.5. The second kappa shape index (κ2) is 9.09. The standard InChI is InChI=1S/C23H30N4O/c28-23(26-18-7-3-1-4-8-18)22-17-20(13-14-24-22)25-19-9-11-21(12-10-19)27-15-5-2-6-16-27/h9-14,17-18H,1-8,15-16H2,(H,24,25)(H,26,28). The molecule has 1 aromatic carbocycles. The van der Waals surface area contributed by atoms with Gasteiger partial charge in [0.25, 0.3) is 5.91 Å². The van der Waals surface area contributed by atoms with Gasteiger partial charge < -0.3 is 15.5 Å². The molecule has 2 N–H and O–H groups in total. The van der Waals surface area contributed by atoms with Crippen LogP contribution in [-0.4, -0.2) is 30.0 Å². The highest BCUT2D eigenvalue weighted by molar-refractivity contribution is 5.93. The third-order valence-electron chi connectivity index (χ3n) is 5.81. The average Bonchev–Trinajstić information content (AvgIpc) is 2.76. The number of amides is 1. The van der Waals surface area contributed by atoms with E-state index in [9.17, 15) is 4.79 Å². The van der Waals surface area contributed by atoms with Gasteiger partial charge >= 0.3 is 0 Å². The molecule has 2 aromatic rings. The molecule has 5 heteroatoms. The average molecular weight is 379 g/mol. The van der Waals surface area contributed by atoms with Crippen LogP contribution >= 0.6 is 0 Å². The van der Waals surface area contributed by atoms with E-state index in [0.717, 1.165) is 37.3 Å². The number of piperidine rings is 1. The van der Waals surface area contributed by atoms with Gasteiger partial charge in [-0.3, -0.25) is 9.78 Å². The number of carbonyl (C=O) groups excluding carboxylic acids is 1. The number of nitrogens with zero attached hydrogens (tertiary/aromatic N) is 2. The molecule has 4 rings (SSSR count). The number of nitrogens with one attached hydrogen (secondary N) is 2. The first-order valence-corrected chi connectivity index (χ1v) is 10.7. The first-order chi connectivity index (χ1) is 13.8. The number of benzene rings is 1. The number of carbonyl (C=O) groups is 1. The molecule has 5 nitrogen and oxygen atoms in total. The lowest BCUT2D eigenvalue weighted by Crippen LogP contribution is -2.36. The Balaban J connectivity index is 1.38. The maximum Gasteiger partial charge on any atom is 0.270 e. The van der Waals surface area contributed by atoms with Gasteiger partial charge in [0.15, 0.2) is 0 Å². The third kappa shape index (κ3) is 4.83. The van der Waals surface area contributed by atoms with E-state index in [-0.39, 0.29) is 5.91 Å². The maximum absolute atomic E-state index is 12.5. The van der Waals surface area contributed by atoms with Crippen molar-refractivity contribution in [2.24, 2.45) is 0 Å². The van der Waals surface area contributed by atoms with E-state index in [1.54, 1.807) is 6.20 Å². The van der Waals surface area contributed by atoms with Crippen molar-refractivity contribution in [3.8, 4) is 0 Å². The lowest BCUT2D eigenvalue weighted by Gasteiger charge is -2.28. The maximum atomic E-state index is 12.5. The SMILES string of the molecule is O=C(NC1CCCCC1)c1cc(Nc2ccc(N3CCCCC3)cc2)ccn1. The van der Waals surface area contributed by atoms with Crippen molar-refractivity contribution < 1.29 is 4.79 Å². The summed E-state index contributed by atoms with van der Waals surface area (Å²) in [6, 6.07) is 12.6. The fraction of sp³-hybridized carbons (Fsp3) is 0.478. The van der Waals surface area contributed by atoms with Crippen LogP contribution in [0.2, 0.25) is 0 Å². The molecule has 1 aliphatic heterocycles. The van der Waals surface area contributed by atoms with Gasteiger partial charge in [0.05, 0.1) is 0 Å². The summed E-state index contributed by atoms with van der Waals surface area (Å²) < 4.78 is 0. The molecule has 0 spiro atoms. The molecule has 1 aliphatic carbocycles. The lowest BCUT2D eigenvalue weighted by atomic mass is 9.95. The molecule has 0 bridgehead atoms. The van der Waals surface area contributed by atoms with Crippen molar-refractivity contribution in [2.45, 2.75) is 57.4 Å². The molecule has 1 saturated heterocycles. The van der Waals surface area contributed by atoms with Crippen LogP contribution in [0.4, 0.5) is 17.1 Å². The van der Waals surface area contributed by atoms with Crippen LogP contribution in [0.5, 0.6) is 0 Å². The van der Waals surface area contributed by atoms with E-state index in [0.29, 0.717) is 11.7 Å². The summed E-state index contributed by atoms with van der Waals surface area (Å²) in [5.74, 6) is -0.0732. The molecule has 1 saturated carbocycles. The van der Waals surface area contributed by atoms with E-state index >= 15 is 0 Å². The highest BCUT2D eigenvalue weighted by Gasteiger charge is 2.17. The van der Waals surface area contributed by atoms with Crippen LogP contribution in [-0.2, 0) is 0 Å². The molecule has 1 amide bonds. The zero-order chi connectivity index (χ0) is 19.2. The topological polar surface area (TPSA) is 57.3 Å². The predicted octanol–water partition coefficient (Wildman–Crippen LogP) is 4.88. The molecule has 2 fully saturated rings. The van der Waals surface area contributed by atoms with E-state index in [2.05, 4.69) is 44.8 Å². The Kier molecular flexibility index (Phi) is 6.10. The van der Waals surface area contributed by atoms with Gasteiger partial charge in [0.1, 0.15) is 5.69 Å². The monoisotopic (exact) mass is 378 g/mol.